The summed E-state index contributed by atoms with van der Waals surface area (Å²) in [6.07, 6.45) is 2.11. The lowest BCUT2D eigenvalue weighted by Crippen LogP contribution is -2.40. The maximum absolute atomic E-state index is 11.5. The van der Waals surface area contributed by atoms with E-state index >= 15 is 0 Å². The molecule has 100 valence electrons. The van der Waals surface area contributed by atoms with Crippen LogP contribution in [-0.2, 0) is 11.3 Å². The number of amides is 2. The first-order valence-electron chi connectivity index (χ1n) is 5.74. The van der Waals surface area contributed by atoms with Crippen LogP contribution in [0.4, 0.5) is 4.79 Å². The van der Waals surface area contributed by atoms with Crippen LogP contribution < -0.4 is 10.6 Å². The normalized spacial score (nSPS) is 11.9. The van der Waals surface area contributed by atoms with Crippen molar-refractivity contribution in [3.05, 3.63) is 17.5 Å². The summed E-state index contributed by atoms with van der Waals surface area (Å²) in [6, 6.07) is -0.486. The maximum atomic E-state index is 11.5. The molecule has 7 nitrogen and oxygen atoms in total. The molecule has 0 spiro atoms. The predicted molar refractivity (Wildman–Crippen MR) is 65.0 cm³/mol. The Balaban J connectivity index is 2.25. The number of aryl methyl sites for hydroxylation is 1. The highest BCUT2D eigenvalue weighted by Gasteiger charge is 2.09. The number of carbonyl (C=O) groups is 2. The fourth-order valence-electron chi connectivity index (χ4n) is 1.42. The standard InChI is InChI=1S/C11H18N4O3/c1-7(3-4-10(16)17)14-11(18)12-5-9-6-13-15-8(9)2/h6-7H,3-5H2,1-2H3,(H,13,15)(H,16,17)(H2,12,14,18). The highest BCUT2D eigenvalue weighted by atomic mass is 16.4. The summed E-state index contributed by atoms with van der Waals surface area (Å²) in [5, 5.41) is 20.5. The van der Waals surface area contributed by atoms with Crippen molar-refractivity contribution in [2.24, 2.45) is 0 Å². The van der Waals surface area contributed by atoms with Gasteiger partial charge in [0.25, 0.3) is 0 Å². The van der Waals surface area contributed by atoms with Gasteiger partial charge in [-0.15, -0.1) is 0 Å². The largest absolute Gasteiger partial charge is 0.481 e. The minimum atomic E-state index is -0.863. The van der Waals surface area contributed by atoms with Crippen molar-refractivity contribution in [2.45, 2.75) is 39.3 Å². The lowest BCUT2D eigenvalue weighted by Gasteiger charge is -2.13. The van der Waals surface area contributed by atoms with Gasteiger partial charge in [-0.3, -0.25) is 9.89 Å². The third-order valence-corrected chi connectivity index (χ3v) is 2.54. The Morgan fingerprint density at radius 1 is 1.56 bits per heavy atom. The summed E-state index contributed by atoms with van der Waals surface area (Å²) in [5.41, 5.74) is 1.83. The van der Waals surface area contributed by atoms with Crippen LogP contribution in [0.15, 0.2) is 6.20 Å². The molecular weight excluding hydrogens is 236 g/mol. The number of carbonyl (C=O) groups excluding carboxylic acids is 1. The van der Waals surface area contributed by atoms with Crippen molar-refractivity contribution in [2.75, 3.05) is 0 Å². The third kappa shape index (κ3) is 4.86. The number of hydrogen-bond acceptors (Lipinski definition) is 3. The first-order valence-corrected chi connectivity index (χ1v) is 5.74. The Labute approximate surface area is 105 Å². The number of carboxylic acids is 1. The summed E-state index contributed by atoms with van der Waals surface area (Å²) >= 11 is 0. The molecule has 2 amide bonds. The molecular formula is C11H18N4O3. The van der Waals surface area contributed by atoms with Crippen LogP contribution in [0, 0.1) is 6.92 Å². The number of nitrogens with zero attached hydrogens (tertiary/aromatic N) is 1. The van der Waals surface area contributed by atoms with E-state index in [-0.39, 0.29) is 18.5 Å². The van der Waals surface area contributed by atoms with Gasteiger partial charge in [0.1, 0.15) is 0 Å². The van der Waals surface area contributed by atoms with Crippen molar-refractivity contribution in [1.29, 1.82) is 0 Å². The van der Waals surface area contributed by atoms with Crippen molar-refractivity contribution in [3.63, 3.8) is 0 Å². The van der Waals surface area contributed by atoms with Gasteiger partial charge in [0, 0.05) is 30.3 Å². The molecule has 1 atom stereocenters. The number of carboxylic acid groups (broad SMARTS) is 1. The van der Waals surface area contributed by atoms with Crippen LogP contribution in [-0.4, -0.2) is 33.3 Å². The minimum Gasteiger partial charge on any atom is -0.481 e. The van der Waals surface area contributed by atoms with Crippen LogP contribution in [0.2, 0.25) is 0 Å². The van der Waals surface area contributed by atoms with Gasteiger partial charge >= 0.3 is 12.0 Å². The van der Waals surface area contributed by atoms with Gasteiger partial charge in [0.05, 0.1) is 6.20 Å². The van der Waals surface area contributed by atoms with Gasteiger partial charge in [-0.1, -0.05) is 0 Å². The first kappa shape index (κ1) is 14.0. The Bertz CT molecular complexity index is 416. The summed E-state index contributed by atoms with van der Waals surface area (Å²) in [4.78, 5) is 21.9. The van der Waals surface area contributed by atoms with Gasteiger partial charge in [0.2, 0.25) is 0 Å². The summed E-state index contributed by atoms with van der Waals surface area (Å²) in [5.74, 6) is -0.863. The van der Waals surface area contributed by atoms with Gasteiger partial charge < -0.3 is 15.7 Å². The molecule has 0 saturated carbocycles. The second-order valence-corrected chi connectivity index (χ2v) is 4.18. The number of H-pyrrole nitrogens is 1. The number of urea groups is 1. The van der Waals surface area contributed by atoms with Crippen molar-refractivity contribution >= 4 is 12.0 Å². The fraction of sp³-hybridized carbons (Fsp3) is 0.545. The topological polar surface area (TPSA) is 107 Å². The van der Waals surface area contributed by atoms with Crippen LogP contribution in [0.1, 0.15) is 31.0 Å². The fourth-order valence-corrected chi connectivity index (χ4v) is 1.42. The number of nitrogens with one attached hydrogen (secondary N) is 3. The molecule has 4 N–H and O–H groups in total. The van der Waals surface area contributed by atoms with Gasteiger partial charge in [-0.05, 0) is 20.3 Å². The van der Waals surface area contributed by atoms with Crippen molar-refractivity contribution < 1.29 is 14.7 Å². The number of aliphatic carboxylic acids is 1. The molecule has 18 heavy (non-hydrogen) atoms. The molecule has 7 heteroatoms. The molecule has 0 aliphatic carbocycles. The lowest BCUT2D eigenvalue weighted by molar-refractivity contribution is -0.137. The third-order valence-electron chi connectivity index (χ3n) is 2.54. The zero-order valence-electron chi connectivity index (χ0n) is 10.5. The lowest BCUT2D eigenvalue weighted by atomic mass is 10.2. The molecule has 0 radical (unpaired) electrons. The Morgan fingerprint density at radius 3 is 2.83 bits per heavy atom. The van der Waals surface area contributed by atoms with Crippen LogP contribution in [0.25, 0.3) is 0 Å². The molecule has 0 fully saturated rings. The summed E-state index contributed by atoms with van der Waals surface area (Å²) in [6.45, 7) is 4.03. The Kier molecular flexibility index (Phi) is 5.16. The average Bonchev–Trinajstić information content (AvgIpc) is 2.69. The van der Waals surface area contributed by atoms with Crippen LogP contribution in [0.5, 0.6) is 0 Å². The second kappa shape index (κ2) is 6.63. The summed E-state index contributed by atoms with van der Waals surface area (Å²) in [7, 11) is 0. The zero-order chi connectivity index (χ0) is 13.5. The van der Waals surface area contributed by atoms with E-state index < -0.39 is 5.97 Å². The molecule has 0 aliphatic rings. The molecule has 0 aromatic carbocycles. The van der Waals surface area contributed by atoms with E-state index in [1.807, 2.05) is 6.92 Å². The molecule has 0 bridgehead atoms. The molecule has 1 unspecified atom stereocenters. The highest BCUT2D eigenvalue weighted by Crippen LogP contribution is 2.01. The quantitative estimate of drug-likeness (QED) is 0.601. The van der Waals surface area contributed by atoms with Gasteiger partial charge in [0.15, 0.2) is 0 Å². The van der Waals surface area contributed by atoms with E-state index in [0.717, 1.165) is 11.3 Å². The van der Waals surface area contributed by atoms with Crippen molar-refractivity contribution in [3.8, 4) is 0 Å². The van der Waals surface area contributed by atoms with Gasteiger partial charge in [-0.2, -0.15) is 5.10 Å². The minimum absolute atomic E-state index is 0.0439. The Hall–Kier alpha value is -2.05. The molecule has 1 heterocycles. The average molecular weight is 254 g/mol. The van der Waals surface area contributed by atoms with Crippen LogP contribution >= 0.6 is 0 Å². The van der Waals surface area contributed by atoms with E-state index in [2.05, 4.69) is 20.8 Å². The molecule has 0 saturated heterocycles. The molecule has 1 aromatic heterocycles. The van der Waals surface area contributed by atoms with E-state index in [9.17, 15) is 9.59 Å². The van der Waals surface area contributed by atoms with E-state index in [1.165, 1.54) is 0 Å². The second-order valence-electron chi connectivity index (χ2n) is 4.18. The van der Waals surface area contributed by atoms with E-state index in [1.54, 1.807) is 13.1 Å². The monoisotopic (exact) mass is 254 g/mol. The van der Waals surface area contributed by atoms with Gasteiger partial charge in [-0.25, -0.2) is 4.79 Å². The molecule has 1 rings (SSSR count). The number of aromatic amines is 1. The smallest absolute Gasteiger partial charge is 0.315 e. The maximum Gasteiger partial charge on any atom is 0.315 e. The number of rotatable bonds is 6. The van der Waals surface area contributed by atoms with E-state index in [4.69, 9.17) is 5.11 Å². The summed E-state index contributed by atoms with van der Waals surface area (Å²) < 4.78 is 0. The van der Waals surface area contributed by atoms with Crippen molar-refractivity contribution in [1.82, 2.24) is 20.8 Å². The van der Waals surface area contributed by atoms with E-state index in [0.29, 0.717) is 13.0 Å². The number of aromatic nitrogens is 2. The zero-order valence-corrected chi connectivity index (χ0v) is 10.5. The molecule has 1 aromatic rings. The predicted octanol–water partition coefficient (Wildman–Crippen LogP) is 0.771. The first-order chi connectivity index (χ1) is 8.49. The SMILES string of the molecule is Cc1[nH]ncc1CNC(=O)NC(C)CCC(=O)O. The molecule has 0 aliphatic heterocycles. The highest BCUT2D eigenvalue weighted by molar-refractivity contribution is 5.74. The van der Waals surface area contributed by atoms with Crippen LogP contribution in [0.3, 0.4) is 0 Å². The Morgan fingerprint density at radius 2 is 2.28 bits per heavy atom. The number of hydrogen-bond donors (Lipinski definition) is 4.